The lowest BCUT2D eigenvalue weighted by Crippen LogP contribution is -2.45. The van der Waals surface area contributed by atoms with E-state index in [2.05, 4.69) is 15.3 Å². The number of aromatic amines is 1. The van der Waals surface area contributed by atoms with Gasteiger partial charge in [-0.15, -0.1) is 0 Å². The van der Waals surface area contributed by atoms with Gasteiger partial charge in [0.25, 0.3) is 5.56 Å². The van der Waals surface area contributed by atoms with Crippen LogP contribution in [0.1, 0.15) is 58.1 Å². The molecule has 2 aromatic carbocycles. The summed E-state index contributed by atoms with van der Waals surface area (Å²) in [4.78, 5) is 57.8. The van der Waals surface area contributed by atoms with Gasteiger partial charge in [0.2, 0.25) is 0 Å². The third-order valence-corrected chi connectivity index (χ3v) is 6.62. The third kappa shape index (κ3) is 9.85. The molecule has 0 aliphatic heterocycles. The van der Waals surface area contributed by atoms with Crippen LogP contribution in [0.25, 0.3) is 22.3 Å². The maximum Gasteiger partial charge on any atom is 0.408 e. The van der Waals surface area contributed by atoms with E-state index in [0.29, 0.717) is 46.0 Å². The van der Waals surface area contributed by atoms with Crippen LogP contribution in [0, 0.1) is 13.8 Å². The number of ether oxygens (including phenoxy) is 6. The van der Waals surface area contributed by atoms with Gasteiger partial charge in [0.1, 0.15) is 53.3 Å². The Bertz CT molecular complexity index is 1590. The maximum absolute atomic E-state index is 13.0. The van der Waals surface area contributed by atoms with Crippen molar-refractivity contribution in [2.24, 2.45) is 0 Å². The molecule has 1 atom stereocenters. The van der Waals surface area contributed by atoms with Crippen molar-refractivity contribution in [1.82, 2.24) is 15.3 Å². The maximum atomic E-state index is 13.0. The zero-order valence-corrected chi connectivity index (χ0v) is 27.7. The highest BCUT2D eigenvalue weighted by atomic mass is 16.6. The van der Waals surface area contributed by atoms with E-state index in [0.717, 1.165) is 17.5 Å². The summed E-state index contributed by atoms with van der Waals surface area (Å²) in [6.45, 7) is 10.8. The molecular formula is C33H43N3O10. The number of hydrogen-bond donors (Lipinski definition) is 2. The smallest absolute Gasteiger partial charge is 0.408 e. The van der Waals surface area contributed by atoms with E-state index in [4.69, 9.17) is 28.4 Å². The molecular weight excluding hydrogens is 598 g/mol. The summed E-state index contributed by atoms with van der Waals surface area (Å²) in [6, 6.07) is 5.67. The largest absolute Gasteiger partial charge is 0.497 e. The summed E-state index contributed by atoms with van der Waals surface area (Å²) in [5.41, 5.74) is 1.48. The lowest BCUT2D eigenvalue weighted by molar-refractivity contribution is -0.153. The van der Waals surface area contributed by atoms with Gasteiger partial charge in [-0.25, -0.2) is 14.6 Å². The quantitative estimate of drug-likeness (QED) is 0.141. The van der Waals surface area contributed by atoms with E-state index in [9.17, 15) is 19.2 Å². The Balaban J connectivity index is 1.65. The number of amides is 1. The molecule has 1 heterocycles. The van der Waals surface area contributed by atoms with Crippen LogP contribution in [0.3, 0.4) is 0 Å². The normalized spacial score (nSPS) is 11.8. The van der Waals surface area contributed by atoms with Crippen LogP contribution in [0.4, 0.5) is 4.79 Å². The predicted molar refractivity (Wildman–Crippen MR) is 170 cm³/mol. The van der Waals surface area contributed by atoms with Crippen LogP contribution in [-0.2, 0) is 23.8 Å². The molecule has 2 N–H and O–H groups in total. The first-order chi connectivity index (χ1) is 21.8. The molecule has 0 bridgehead atoms. The zero-order chi connectivity index (χ0) is 34.0. The molecule has 13 nitrogen and oxygen atoms in total. The predicted octanol–water partition coefficient (Wildman–Crippen LogP) is 4.77. The van der Waals surface area contributed by atoms with Gasteiger partial charge in [0.05, 0.1) is 32.8 Å². The number of benzene rings is 2. The van der Waals surface area contributed by atoms with Gasteiger partial charge < -0.3 is 38.7 Å². The van der Waals surface area contributed by atoms with Crippen LogP contribution in [-0.4, -0.2) is 73.7 Å². The monoisotopic (exact) mass is 641 g/mol. The Labute approximate surface area is 267 Å². The van der Waals surface area contributed by atoms with Gasteiger partial charge in [-0.05, 0) is 64.3 Å². The van der Waals surface area contributed by atoms with Crippen molar-refractivity contribution < 1.29 is 42.8 Å². The molecule has 13 heteroatoms. The topological polar surface area (TPSA) is 164 Å². The first-order valence-corrected chi connectivity index (χ1v) is 15.0. The number of nitrogens with zero attached hydrogens (tertiary/aromatic N) is 1. The lowest BCUT2D eigenvalue weighted by atomic mass is 10.0. The first kappa shape index (κ1) is 35.7. The van der Waals surface area contributed by atoms with E-state index in [1.165, 1.54) is 14.2 Å². The highest BCUT2D eigenvalue weighted by Crippen LogP contribution is 2.31. The number of fused-ring (bicyclic) bond motifs is 1. The molecule has 0 aliphatic rings. The number of aromatic nitrogens is 2. The van der Waals surface area contributed by atoms with Crippen molar-refractivity contribution in [2.45, 2.75) is 72.4 Å². The second-order valence-corrected chi connectivity index (χ2v) is 11.6. The number of rotatable bonds is 14. The van der Waals surface area contributed by atoms with Crippen molar-refractivity contribution in [3.8, 4) is 28.6 Å². The summed E-state index contributed by atoms with van der Waals surface area (Å²) in [5.74, 6) is 0.331. The van der Waals surface area contributed by atoms with Crippen molar-refractivity contribution in [3.05, 3.63) is 45.7 Å². The van der Waals surface area contributed by atoms with Gasteiger partial charge in [0, 0.05) is 17.7 Å². The number of unbranched alkanes of at least 4 members (excludes halogenated alkanes) is 1. The molecule has 0 unspecified atom stereocenters. The molecule has 0 spiro atoms. The van der Waals surface area contributed by atoms with Crippen molar-refractivity contribution in [2.75, 3.05) is 34.0 Å². The number of carbonyl (C=O) groups excluding carboxylic acids is 3. The second kappa shape index (κ2) is 16.0. The fraction of sp³-hybridized carbons (Fsp3) is 0.485. The summed E-state index contributed by atoms with van der Waals surface area (Å²) in [5, 5.41) is 2.71. The molecule has 0 radical (unpaired) electrons. The number of H-pyrrole nitrogens is 1. The van der Waals surface area contributed by atoms with Gasteiger partial charge in [0.15, 0.2) is 0 Å². The minimum absolute atomic E-state index is 0.0303. The molecule has 3 aromatic rings. The van der Waals surface area contributed by atoms with Crippen molar-refractivity contribution in [1.29, 1.82) is 0 Å². The number of methoxy groups -OCH3 is 2. The van der Waals surface area contributed by atoms with E-state index < -0.39 is 36.1 Å². The van der Waals surface area contributed by atoms with E-state index >= 15 is 0 Å². The van der Waals surface area contributed by atoms with Gasteiger partial charge in [-0.1, -0.05) is 13.3 Å². The van der Waals surface area contributed by atoms with Crippen LogP contribution < -0.4 is 25.1 Å². The Morgan fingerprint density at radius 2 is 1.65 bits per heavy atom. The molecule has 0 saturated carbocycles. The Morgan fingerprint density at radius 1 is 0.957 bits per heavy atom. The summed E-state index contributed by atoms with van der Waals surface area (Å²) in [6.07, 6.45) is 0.170. The van der Waals surface area contributed by atoms with Gasteiger partial charge >= 0.3 is 18.0 Å². The average Bonchev–Trinajstić information content (AvgIpc) is 2.98. The van der Waals surface area contributed by atoms with E-state index in [-0.39, 0.29) is 25.4 Å². The fourth-order valence-corrected chi connectivity index (χ4v) is 4.53. The lowest BCUT2D eigenvalue weighted by Gasteiger charge is -2.22. The molecule has 3 rings (SSSR count). The van der Waals surface area contributed by atoms with Crippen LogP contribution >= 0.6 is 0 Å². The highest BCUT2D eigenvalue weighted by molar-refractivity contribution is 5.87. The van der Waals surface area contributed by atoms with Crippen molar-refractivity contribution in [3.63, 3.8) is 0 Å². The molecule has 46 heavy (non-hydrogen) atoms. The molecule has 0 aliphatic carbocycles. The zero-order valence-electron chi connectivity index (χ0n) is 27.7. The van der Waals surface area contributed by atoms with Crippen LogP contribution in [0.15, 0.2) is 29.1 Å². The molecule has 1 amide bonds. The Hall–Kier alpha value is -4.81. The Kier molecular flexibility index (Phi) is 12.4. The molecule has 1 aromatic heterocycles. The van der Waals surface area contributed by atoms with Gasteiger partial charge in [-0.3, -0.25) is 9.59 Å². The van der Waals surface area contributed by atoms with E-state index in [1.807, 2.05) is 32.9 Å². The standard InChI is InChI=1S/C33H43N3O10/c1-9-10-11-45-31(39)24(35-32(40)46-33(4,5)6)18-26(37)43-12-13-44-28-19(2)14-21(15-20(28)3)29-34-23-16-22(41-7)17-25(42-8)27(23)30(38)36-29/h14-17,24H,9-13,18H2,1-8H3,(H,35,40)(H,34,36,38)/t24-/m0/s1. The summed E-state index contributed by atoms with van der Waals surface area (Å²) < 4.78 is 32.3. The second-order valence-electron chi connectivity index (χ2n) is 11.6. The van der Waals surface area contributed by atoms with Crippen LogP contribution in [0.5, 0.6) is 17.2 Å². The summed E-state index contributed by atoms with van der Waals surface area (Å²) in [7, 11) is 2.99. The minimum atomic E-state index is -1.27. The van der Waals surface area contributed by atoms with Gasteiger partial charge in [-0.2, -0.15) is 0 Å². The SMILES string of the molecule is CCCCOC(=O)[C@H](CC(=O)OCCOc1c(C)cc(-c2nc3cc(OC)cc(OC)c3c(=O)[nH]2)cc1C)NC(=O)OC(C)(C)C. The number of esters is 2. The highest BCUT2D eigenvalue weighted by Gasteiger charge is 2.28. The molecule has 0 fully saturated rings. The van der Waals surface area contributed by atoms with Crippen LogP contribution in [0.2, 0.25) is 0 Å². The average molecular weight is 642 g/mol. The first-order valence-electron chi connectivity index (χ1n) is 15.0. The number of carbonyl (C=O) groups is 3. The fourth-order valence-electron chi connectivity index (χ4n) is 4.53. The molecule has 250 valence electrons. The number of hydrogen-bond acceptors (Lipinski definition) is 11. The number of nitrogens with one attached hydrogen (secondary N) is 2. The van der Waals surface area contributed by atoms with E-state index in [1.54, 1.807) is 32.9 Å². The Morgan fingerprint density at radius 3 is 2.26 bits per heavy atom. The summed E-state index contributed by atoms with van der Waals surface area (Å²) >= 11 is 0. The third-order valence-electron chi connectivity index (χ3n) is 6.62. The molecule has 0 saturated heterocycles. The number of aryl methyl sites for hydroxylation is 2. The van der Waals surface area contributed by atoms with Crippen molar-refractivity contribution >= 4 is 28.9 Å². The minimum Gasteiger partial charge on any atom is -0.497 e. The number of alkyl carbamates (subject to hydrolysis) is 1.